The molecule has 13 heteroatoms. The molecule has 2 amide bonds. The summed E-state index contributed by atoms with van der Waals surface area (Å²) in [7, 11) is 1.58. The number of carbonyl (C=O) groups is 2. The lowest BCUT2D eigenvalue weighted by Gasteiger charge is -2.29. The maximum absolute atomic E-state index is 13.7. The minimum Gasteiger partial charge on any atom is -0.481 e. The van der Waals surface area contributed by atoms with Gasteiger partial charge in [0.1, 0.15) is 10.4 Å². The number of nitrogens with zero attached hydrogens (tertiary/aromatic N) is 6. The van der Waals surface area contributed by atoms with Gasteiger partial charge in [0.05, 0.1) is 19.2 Å². The van der Waals surface area contributed by atoms with Crippen molar-refractivity contribution in [3.63, 3.8) is 0 Å². The molecule has 2 aliphatic heterocycles. The number of thioether (sulfide) groups is 1. The SMILES string of the molecule is C=N/C(=N\N)c1ccc(C2=CCN(C(=O)CN3CC[C@@](SC)(C(=O)Nc4ccc5[nH]nc(-c6ccc(OC)nc6)c5c4)C3)CC2)cc1. The molecule has 4 N–H and O–H groups in total. The molecular weight excluding hydrogens is 615 g/mol. The number of carbonyl (C=O) groups excluding carboxylic acids is 2. The number of H-pyrrole nitrogens is 1. The van der Waals surface area contributed by atoms with Crippen LogP contribution < -0.4 is 15.9 Å². The molecule has 47 heavy (non-hydrogen) atoms. The van der Waals surface area contributed by atoms with Crippen LogP contribution in [0.1, 0.15) is 24.0 Å². The average molecular weight is 652 g/mol. The first kappa shape index (κ1) is 32.0. The van der Waals surface area contributed by atoms with Crippen molar-refractivity contribution in [2.24, 2.45) is 15.9 Å². The number of rotatable bonds is 9. The molecule has 2 aromatic heterocycles. The maximum atomic E-state index is 13.7. The van der Waals surface area contributed by atoms with Gasteiger partial charge < -0.3 is 20.8 Å². The standard InChI is InChI=1S/C34H37N9O3S/c1-36-32(39-35)24-6-4-22(5-7-24)23-12-15-43(16-13-23)30(44)20-42-17-14-34(21-42,47-3)33(45)38-26-9-10-28-27(18-26)31(41-40-28)25-8-11-29(46-2)37-19-25/h4-12,18-19H,1,13-17,20-21,35H2,2-3H3,(H,38,45)(H,40,41)/b39-32-/t34-/m0/s1. The summed E-state index contributed by atoms with van der Waals surface area (Å²) in [5.74, 6) is 6.30. The molecule has 0 unspecified atom stereocenters. The zero-order valence-corrected chi connectivity index (χ0v) is 27.2. The van der Waals surface area contributed by atoms with Gasteiger partial charge in [-0.1, -0.05) is 30.3 Å². The molecule has 2 aromatic carbocycles. The number of anilines is 1. The van der Waals surface area contributed by atoms with Crippen LogP contribution in [0.4, 0.5) is 5.69 Å². The van der Waals surface area contributed by atoms with Crippen molar-refractivity contribution in [1.29, 1.82) is 0 Å². The molecule has 1 fully saturated rings. The van der Waals surface area contributed by atoms with Crippen molar-refractivity contribution in [1.82, 2.24) is 25.0 Å². The number of pyridine rings is 1. The van der Waals surface area contributed by atoms with E-state index in [2.05, 4.69) is 48.3 Å². The monoisotopic (exact) mass is 651 g/mol. The van der Waals surface area contributed by atoms with Crippen molar-refractivity contribution in [2.75, 3.05) is 51.4 Å². The Morgan fingerprint density at radius 3 is 2.62 bits per heavy atom. The summed E-state index contributed by atoms with van der Waals surface area (Å²) in [6.07, 6.45) is 7.20. The maximum Gasteiger partial charge on any atom is 0.241 e. The number of ether oxygens (including phenoxy) is 1. The molecule has 242 valence electrons. The van der Waals surface area contributed by atoms with Crippen molar-refractivity contribution in [3.05, 3.63) is 78.0 Å². The van der Waals surface area contributed by atoms with Gasteiger partial charge in [-0.3, -0.25) is 19.6 Å². The Kier molecular flexibility index (Phi) is 9.36. The second-order valence-electron chi connectivity index (χ2n) is 11.5. The summed E-state index contributed by atoms with van der Waals surface area (Å²) in [6, 6.07) is 17.3. The first-order valence-electron chi connectivity index (χ1n) is 15.3. The number of amides is 2. The molecule has 6 rings (SSSR count). The van der Waals surface area contributed by atoms with E-state index in [0.717, 1.165) is 39.7 Å². The highest BCUT2D eigenvalue weighted by molar-refractivity contribution is 8.00. The third-order valence-corrected chi connectivity index (χ3v) is 10.2. The molecule has 4 aromatic rings. The zero-order valence-electron chi connectivity index (χ0n) is 26.4. The lowest BCUT2D eigenvalue weighted by Crippen LogP contribution is -2.45. The van der Waals surface area contributed by atoms with Crippen molar-refractivity contribution < 1.29 is 14.3 Å². The molecule has 0 spiro atoms. The Morgan fingerprint density at radius 2 is 1.96 bits per heavy atom. The van der Waals surface area contributed by atoms with E-state index in [1.54, 1.807) is 19.4 Å². The number of hydrogen-bond donors (Lipinski definition) is 3. The Morgan fingerprint density at radius 1 is 1.15 bits per heavy atom. The molecule has 0 aliphatic carbocycles. The number of amidine groups is 1. The highest BCUT2D eigenvalue weighted by atomic mass is 32.2. The van der Waals surface area contributed by atoms with Crippen LogP contribution in [0.2, 0.25) is 0 Å². The molecule has 0 bridgehead atoms. The van der Waals surface area contributed by atoms with Crippen molar-refractivity contribution >= 4 is 58.3 Å². The fourth-order valence-corrected chi connectivity index (χ4v) is 6.97. The van der Waals surface area contributed by atoms with Gasteiger partial charge in [0.25, 0.3) is 0 Å². The number of aliphatic imine (C=N–C) groups is 1. The minimum absolute atomic E-state index is 0.0687. The van der Waals surface area contributed by atoms with Crippen LogP contribution in [0, 0.1) is 0 Å². The normalized spacial score (nSPS) is 18.6. The second kappa shape index (κ2) is 13.8. The minimum atomic E-state index is -0.662. The Bertz CT molecular complexity index is 1850. The Hall–Kier alpha value is -5.01. The summed E-state index contributed by atoms with van der Waals surface area (Å²) < 4.78 is 4.51. The average Bonchev–Trinajstić information content (AvgIpc) is 3.74. The summed E-state index contributed by atoms with van der Waals surface area (Å²) in [4.78, 5) is 39.2. The quantitative estimate of drug-likeness (QED) is 0.106. The van der Waals surface area contributed by atoms with E-state index in [1.165, 1.54) is 17.3 Å². The van der Waals surface area contributed by atoms with Crippen LogP contribution in [0.25, 0.3) is 27.7 Å². The predicted octanol–water partition coefficient (Wildman–Crippen LogP) is 4.02. The van der Waals surface area contributed by atoms with Gasteiger partial charge in [-0.25, -0.2) is 9.98 Å². The van der Waals surface area contributed by atoms with Crippen LogP contribution >= 0.6 is 11.8 Å². The van der Waals surface area contributed by atoms with Gasteiger partial charge in [-0.2, -0.15) is 10.2 Å². The van der Waals surface area contributed by atoms with E-state index in [1.807, 2.05) is 59.7 Å². The topological polar surface area (TPSA) is 154 Å². The van der Waals surface area contributed by atoms with Gasteiger partial charge in [0.15, 0.2) is 5.84 Å². The smallest absolute Gasteiger partial charge is 0.241 e. The Balaban J connectivity index is 1.06. The van der Waals surface area contributed by atoms with E-state index in [0.29, 0.717) is 50.0 Å². The van der Waals surface area contributed by atoms with E-state index < -0.39 is 4.75 Å². The number of hydrogen-bond acceptors (Lipinski definition) is 9. The molecule has 4 heterocycles. The third-order valence-electron chi connectivity index (χ3n) is 8.86. The molecule has 1 atom stereocenters. The van der Waals surface area contributed by atoms with Crippen LogP contribution in [-0.4, -0.2) is 100 Å². The van der Waals surface area contributed by atoms with E-state index in [9.17, 15) is 9.59 Å². The van der Waals surface area contributed by atoms with Crippen LogP contribution in [0.3, 0.4) is 0 Å². The first-order valence-corrected chi connectivity index (χ1v) is 16.5. The number of likely N-dealkylation sites (tertiary alicyclic amines) is 1. The third kappa shape index (κ3) is 6.62. The largest absolute Gasteiger partial charge is 0.481 e. The Labute approximate surface area is 277 Å². The van der Waals surface area contributed by atoms with Crippen molar-refractivity contribution in [3.8, 4) is 17.1 Å². The number of methoxy groups -OCH3 is 1. The van der Waals surface area contributed by atoms with Crippen LogP contribution in [0.15, 0.2) is 77.0 Å². The molecule has 0 radical (unpaired) electrons. The molecule has 12 nitrogen and oxygen atoms in total. The first-order chi connectivity index (χ1) is 22.9. The highest BCUT2D eigenvalue weighted by Gasteiger charge is 2.44. The second-order valence-corrected chi connectivity index (χ2v) is 12.7. The molecule has 1 saturated heterocycles. The van der Waals surface area contributed by atoms with Gasteiger partial charge in [-0.05, 0) is 61.2 Å². The highest BCUT2D eigenvalue weighted by Crippen LogP contribution is 2.36. The number of aromatic amines is 1. The molecular formula is C34H37N9O3S. The summed E-state index contributed by atoms with van der Waals surface area (Å²) in [5, 5.41) is 15.2. The van der Waals surface area contributed by atoms with Crippen LogP contribution in [-0.2, 0) is 9.59 Å². The number of nitrogens with two attached hydrogens (primary N) is 1. The lowest BCUT2D eigenvalue weighted by atomic mass is 9.98. The van der Waals surface area contributed by atoms with Gasteiger partial charge in [0.2, 0.25) is 17.7 Å². The summed E-state index contributed by atoms with van der Waals surface area (Å²) >= 11 is 1.54. The van der Waals surface area contributed by atoms with Crippen molar-refractivity contribution in [2.45, 2.75) is 17.6 Å². The number of aromatic nitrogens is 3. The van der Waals surface area contributed by atoms with Gasteiger partial charge in [-0.15, -0.1) is 11.8 Å². The van der Waals surface area contributed by atoms with Crippen LogP contribution in [0.5, 0.6) is 5.88 Å². The molecule has 0 saturated carbocycles. The molecule has 2 aliphatic rings. The fourth-order valence-electron chi connectivity index (χ4n) is 6.12. The zero-order chi connectivity index (χ0) is 33.0. The number of benzene rings is 2. The number of hydrazone groups is 1. The van der Waals surface area contributed by atoms with E-state index >= 15 is 0 Å². The number of nitrogens with one attached hydrogen (secondary N) is 2. The fraction of sp³-hybridized carbons (Fsp3) is 0.294. The number of fused-ring (bicyclic) bond motifs is 1. The summed E-state index contributed by atoms with van der Waals surface area (Å²) in [6.45, 7) is 6.14. The van der Waals surface area contributed by atoms with Gasteiger partial charge >= 0.3 is 0 Å². The van der Waals surface area contributed by atoms with E-state index in [4.69, 9.17) is 10.6 Å². The predicted molar refractivity (Wildman–Crippen MR) is 188 cm³/mol. The summed E-state index contributed by atoms with van der Waals surface area (Å²) in [5.41, 5.74) is 6.21. The lowest BCUT2D eigenvalue weighted by molar-refractivity contribution is -0.132. The van der Waals surface area contributed by atoms with Gasteiger partial charge in [0, 0.05) is 60.6 Å². The van der Waals surface area contributed by atoms with E-state index in [-0.39, 0.29) is 18.4 Å².